The van der Waals surface area contributed by atoms with E-state index in [1.807, 2.05) is 30.6 Å². The van der Waals surface area contributed by atoms with Crippen molar-refractivity contribution in [2.75, 3.05) is 0 Å². The van der Waals surface area contributed by atoms with E-state index in [2.05, 4.69) is 47.9 Å². The fourth-order valence-electron chi connectivity index (χ4n) is 2.46. The summed E-state index contributed by atoms with van der Waals surface area (Å²) in [5, 5.41) is 10.7. The van der Waals surface area contributed by atoms with Crippen LogP contribution in [0.1, 0.15) is 15.9 Å². The number of H-pyrrole nitrogens is 2. The molecule has 0 spiro atoms. The molecule has 4 N–H and O–H groups in total. The van der Waals surface area contributed by atoms with E-state index in [-0.39, 0.29) is 0 Å². The van der Waals surface area contributed by atoms with E-state index in [1.54, 1.807) is 18.2 Å². The average molecular weight is 460 g/mol. The molecular formula is C18H12Br2N4O. The lowest BCUT2D eigenvalue weighted by Crippen LogP contribution is -2.10. The van der Waals surface area contributed by atoms with Crippen LogP contribution in [-0.4, -0.2) is 15.9 Å². The molecule has 5 nitrogen and oxygen atoms in total. The third-order valence-corrected chi connectivity index (χ3v) is 4.89. The van der Waals surface area contributed by atoms with Gasteiger partial charge in [-0.25, -0.2) is 0 Å². The Balaban J connectivity index is 0.000000146. The summed E-state index contributed by atoms with van der Waals surface area (Å²) in [5.41, 5.74) is 8.37. The summed E-state index contributed by atoms with van der Waals surface area (Å²) in [7, 11) is 0. The summed E-state index contributed by atoms with van der Waals surface area (Å²) < 4.78 is 1.78. The van der Waals surface area contributed by atoms with Crippen molar-refractivity contribution in [1.82, 2.24) is 9.97 Å². The lowest BCUT2D eigenvalue weighted by molar-refractivity contribution is 0.100. The number of nitrogens with two attached hydrogens (primary N) is 1. The van der Waals surface area contributed by atoms with E-state index < -0.39 is 5.91 Å². The number of primary amides is 1. The third-order valence-electron chi connectivity index (χ3n) is 3.64. The molecule has 0 saturated carbocycles. The fraction of sp³-hybridized carbons (Fsp3) is 0. The van der Waals surface area contributed by atoms with Crippen molar-refractivity contribution in [3.8, 4) is 6.07 Å². The van der Waals surface area contributed by atoms with Gasteiger partial charge in [0.1, 0.15) is 0 Å². The van der Waals surface area contributed by atoms with Crippen LogP contribution in [0.15, 0.2) is 57.7 Å². The second-order valence-corrected chi connectivity index (χ2v) is 6.98. The zero-order chi connectivity index (χ0) is 18.0. The van der Waals surface area contributed by atoms with Crippen molar-refractivity contribution in [3.05, 3.63) is 68.9 Å². The van der Waals surface area contributed by atoms with Gasteiger partial charge in [-0.2, -0.15) is 5.26 Å². The van der Waals surface area contributed by atoms with Crippen LogP contribution >= 0.6 is 31.9 Å². The van der Waals surface area contributed by atoms with Crippen LogP contribution in [0.25, 0.3) is 21.8 Å². The highest BCUT2D eigenvalue weighted by atomic mass is 79.9. The molecule has 0 radical (unpaired) electrons. The van der Waals surface area contributed by atoms with Crippen molar-refractivity contribution in [3.63, 3.8) is 0 Å². The summed E-state index contributed by atoms with van der Waals surface area (Å²) in [4.78, 5) is 17.0. The van der Waals surface area contributed by atoms with Gasteiger partial charge in [-0.05, 0) is 68.3 Å². The zero-order valence-electron chi connectivity index (χ0n) is 12.8. The highest BCUT2D eigenvalue weighted by Gasteiger charge is 2.06. The molecule has 2 aromatic carbocycles. The van der Waals surface area contributed by atoms with E-state index in [0.29, 0.717) is 11.1 Å². The van der Waals surface area contributed by atoms with Gasteiger partial charge in [0.25, 0.3) is 0 Å². The molecule has 2 aromatic heterocycles. The predicted octanol–water partition coefficient (Wildman–Crippen LogP) is 4.83. The topological polar surface area (TPSA) is 98.5 Å². The van der Waals surface area contributed by atoms with Crippen LogP contribution in [-0.2, 0) is 0 Å². The van der Waals surface area contributed by atoms with Crippen molar-refractivity contribution in [2.24, 2.45) is 5.73 Å². The molecule has 25 heavy (non-hydrogen) atoms. The van der Waals surface area contributed by atoms with Crippen molar-refractivity contribution in [2.45, 2.75) is 0 Å². The molecule has 4 rings (SSSR count). The van der Waals surface area contributed by atoms with Crippen LogP contribution in [0.2, 0.25) is 0 Å². The normalized spacial score (nSPS) is 10.3. The number of nitrogens with zero attached hydrogens (tertiary/aromatic N) is 1. The Morgan fingerprint density at radius 2 is 1.52 bits per heavy atom. The fourth-order valence-corrected chi connectivity index (χ4v) is 3.64. The first-order chi connectivity index (χ1) is 12.0. The molecule has 124 valence electrons. The molecule has 0 fully saturated rings. The summed E-state index contributed by atoms with van der Waals surface area (Å²) in [6.45, 7) is 0. The highest BCUT2D eigenvalue weighted by Crippen LogP contribution is 2.25. The molecule has 0 aliphatic carbocycles. The Morgan fingerprint density at radius 3 is 2.08 bits per heavy atom. The van der Waals surface area contributed by atoms with Gasteiger partial charge < -0.3 is 15.7 Å². The minimum Gasteiger partial charge on any atom is -0.366 e. The number of rotatable bonds is 1. The maximum Gasteiger partial charge on any atom is 0.248 e. The van der Waals surface area contributed by atoms with Crippen LogP contribution < -0.4 is 5.73 Å². The van der Waals surface area contributed by atoms with Crippen molar-refractivity contribution in [1.29, 1.82) is 5.26 Å². The maximum atomic E-state index is 10.9. The smallest absolute Gasteiger partial charge is 0.248 e. The monoisotopic (exact) mass is 458 g/mol. The molecule has 1 amide bonds. The van der Waals surface area contributed by atoms with Crippen molar-refractivity contribution >= 4 is 59.6 Å². The first kappa shape index (κ1) is 17.3. The summed E-state index contributed by atoms with van der Waals surface area (Å²) >= 11 is 6.74. The van der Waals surface area contributed by atoms with Gasteiger partial charge in [0.15, 0.2) is 0 Å². The summed E-state index contributed by atoms with van der Waals surface area (Å²) in [6, 6.07) is 13.1. The van der Waals surface area contributed by atoms with E-state index in [1.165, 1.54) is 0 Å². The van der Waals surface area contributed by atoms with Gasteiger partial charge in [0, 0.05) is 37.7 Å². The number of carbonyl (C=O) groups excluding carboxylic acids is 1. The number of nitrogens with one attached hydrogen (secondary N) is 2. The van der Waals surface area contributed by atoms with Gasteiger partial charge in [0.05, 0.1) is 22.7 Å². The molecule has 0 aliphatic heterocycles. The number of aromatic nitrogens is 2. The molecule has 0 atom stereocenters. The standard InChI is InChI=1S/C9H7BrN2O.C9H5BrN2/c10-7-4-6(9(11)13)3-5-1-2-12-8(5)7;10-8-4-6(5-11)3-7-1-2-12-9(7)8/h1-4,12H,(H2,11,13);1-4,12H. The quantitative estimate of drug-likeness (QED) is 0.379. The minimum absolute atomic E-state index is 0.413. The molecule has 0 aliphatic rings. The molecular weight excluding hydrogens is 448 g/mol. The van der Waals surface area contributed by atoms with Crippen molar-refractivity contribution < 1.29 is 4.79 Å². The predicted molar refractivity (Wildman–Crippen MR) is 105 cm³/mol. The number of amides is 1. The summed E-state index contributed by atoms with van der Waals surface area (Å²) in [5.74, 6) is -0.413. The Kier molecular flexibility index (Phi) is 4.93. The average Bonchev–Trinajstić information content (AvgIpc) is 3.24. The molecule has 0 saturated heterocycles. The second-order valence-electron chi connectivity index (χ2n) is 5.28. The lowest BCUT2D eigenvalue weighted by atomic mass is 10.1. The van der Waals surface area contributed by atoms with Crippen LogP contribution in [0.5, 0.6) is 0 Å². The van der Waals surface area contributed by atoms with E-state index >= 15 is 0 Å². The van der Waals surface area contributed by atoms with Crippen LogP contribution in [0.3, 0.4) is 0 Å². The number of aromatic amines is 2. The Labute approximate surface area is 160 Å². The second kappa shape index (κ2) is 7.13. The lowest BCUT2D eigenvalue weighted by Gasteiger charge is -1.98. The molecule has 0 unspecified atom stereocenters. The summed E-state index contributed by atoms with van der Waals surface area (Å²) in [6.07, 6.45) is 3.68. The van der Waals surface area contributed by atoms with Gasteiger partial charge in [-0.1, -0.05) is 0 Å². The van der Waals surface area contributed by atoms with Crippen LogP contribution in [0.4, 0.5) is 0 Å². The minimum atomic E-state index is -0.413. The van der Waals surface area contributed by atoms with Gasteiger partial charge in [-0.3, -0.25) is 4.79 Å². The Morgan fingerprint density at radius 1 is 0.960 bits per heavy atom. The third kappa shape index (κ3) is 3.60. The highest BCUT2D eigenvalue weighted by molar-refractivity contribution is 9.11. The SMILES string of the molecule is N#Cc1cc(Br)c2[nH]ccc2c1.NC(=O)c1cc(Br)c2[nH]ccc2c1. The molecule has 2 heterocycles. The zero-order valence-corrected chi connectivity index (χ0v) is 16.0. The van der Waals surface area contributed by atoms with E-state index in [0.717, 1.165) is 30.8 Å². The molecule has 0 bridgehead atoms. The van der Waals surface area contributed by atoms with Gasteiger partial charge >= 0.3 is 0 Å². The number of fused-ring (bicyclic) bond motifs is 2. The first-order valence-corrected chi connectivity index (χ1v) is 8.81. The first-order valence-electron chi connectivity index (χ1n) is 7.23. The Bertz CT molecular complexity index is 1120. The molecule has 7 heteroatoms. The number of hydrogen-bond donors (Lipinski definition) is 3. The number of halogens is 2. The Hall–Kier alpha value is -2.56. The number of nitriles is 1. The maximum absolute atomic E-state index is 10.9. The van der Waals surface area contributed by atoms with Crippen LogP contribution in [0, 0.1) is 11.3 Å². The van der Waals surface area contributed by atoms with Gasteiger partial charge in [-0.15, -0.1) is 0 Å². The number of benzene rings is 2. The van der Waals surface area contributed by atoms with Gasteiger partial charge in [0.2, 0.25) is 5.91 Å². The molecule has 4 aromatic rings. The largest absolute Gasteiger partial charge is 0.366 e. The van der Waals surface area contributed by atoms with E-state index in [9.17, 15) is 4.79 Å². The number of hydrogen-bond acceptors (Lipinski definition) is 2. The van der Waals surface area contributed by atoms with E-state index in [4.69, 9.17) is 11.0 Å². The number of carbonyl (C=O) groups is 1.